The number of aromatic carboxylic acids is 1. The van der Waals surface area contributed by atoms with Crippen molar-refractivity contribution in [1.82, 2.24) is 4.90 Å². The molecule has 0 radical (unpaired) electrons. The Balaban J connectivity index is 1.90. The van der Waals surface area contributed by atoms with Crippen molar-refractivity contribution in [3.63, 3.8) is 0 Å². The van der Waals surface area contributed by atoms with Crippen molar-refractivity contribution in [2.24, 2.45) is 0 Å². The van der Waals surface area contributed by atoms with Crippen LogP contribution in [-0.4, -0.2) is 39.9 Å². The summed E-state index contributed by atoms with van der Waals surface area (Å²) in [5, 5.41) is 9.15. The zero-order valence-corrected chi connectivity index (χ0v) is 17.5. The highest BCUT2D eigenvalue weighted by molar-refractivity contribution is 8.26. The number of carboxylic acid groups (broad SMARTS) is 1. The van der Waals surface area contributed by atoms with Crippen molar-refractivity contribution in [3.8, 4) is 11.5 Å². The third-order valence-electron chi connectivity index (χ3n) is 4.26. The molecule has 1 N–H and O–H groups in total. The number of hydrogen-bond acceptors (Lipinski definition) is 6. The fraction of sp³-hybridized carbons (Fsp3) is 0.190. The smallest absolute Gasteiger partial charge is 0.335 e. The Labute approximate surface area is 178 Å². The van der Waals surface area contributed by atoms with Gasteiger partial charge in [-0.25, -0.2) is 4.79 Å². The van der Waals surface area contributed by atoms with Gasteiger partial charge in [0.2, 0.25) is 0 Å². The molecule has 0 aromatic heterocycles. The van der Waals surface area contributed by atoms with E-state index in [2.05, 4.69) is 0 Å². The summed E-state index contributed by atoms with van der Waals surface area (Å²) in [6.45, 7) is 2.54. The minimum Gasteiger partial charge on any atom is -0.493 e. The summed E-state index contributed by atoms with van der Waals surface area (Å²) < 4.78 is 11.9. The monoisotopic (exact) mass is 429 g/mol. The standard InChI is InChI=1S/C21H19NO5S2/c1-3-22-19(23)17(29-21(22)28)11-14-7-5-9-16(26-2)18(14)27-12-13-6-4-8-15(10-13)20(24)25/h4-11H,3,12H2,1-2H3,(H,24,25)/b17-11-. The number of thiocarbonyl (C=S) groups is 1. The average molecular weight is 430 g/mol. The summed E-state index contributed by atoms with van der Waals surface area (Å²) in [7, 11) is 1.54. The number of carbonyl (C=O) groups excluding carboxylic acids is 1. The summed E-state index contributed by atoms with van der Waals surface area (Å²) in [6, 6.07) is 11.9. The van der Waals surface area contributed by atoms with E-state index in [1.54, 1.807) is 35.2 Å². The second-order valence-electron chi connectivity index (χ2n) is 6.10. The zero-order valence-electron chi connectivity index (χ0n) is 15.9. The highest BCUT2D eigenvalue weighted by Gasteiger charge is 2.31. The lowest BCUT2D eigenvalue weighted by molar-refractivity contribution is -0.121. The van der Waals surface area contributed by atoms with Crippen LogP contribution in [0.15, 0.2) is 47.4 Å². The lowest BCUT2D eigenvalue weighted by Crippen LogP contribution is -2.27. The molecule has 0 saturated carbocycles. The molecule has 0 aliphatic carbocycles. The van der Waals surface area contributed by atoms with Crippen LogP contribution in [0.4, 0.5) is 0 Å². The van der Waals surface area contributed by atoms with Crippen LogP contribution in [0, 0.1) is 0 Å². The Morgan fingerprint density at radius 2 is 2.03 bits per heavy atom. The maximum absolute atomic E-state index is 12.5. The highest BCUT2D eigenvalue weighted by atomic mass is 32.2. The molecule has 3 rings (SSSR count). The minimum absolute atomic E-state index is 0.134. The van der Waals surface area contributed by atoms with Crippen molar-refractivity contribution in [1.29, 1.82) is 0 Å². The predicted octanol–water partition coefficient (Wildman–Crippen LogP) is 4.19. The number of thioether (sulfide) groups is 1. The molecule has 0 unspecified atom stereocenters. The Morgan fingerprint density at radius 3 is 2.69 bits per heavy atom. The molecule has 1 aliphatic heterocycles. The number of methoxy groups -OCH3 is 1. The van der Waals surface area contributed by atoms with Crippen LogP contribution in [0.1, 0.15) is 28.4 Å². The molecule has 1 amide bonds. The molecular weight excluding hydrogens is 410 g/mol. The normalized spacial score (nSPS) is 15.1. The largest absolute Gasteiger partial charge is 0.493 e. The van der Waals surface area contributed by atoms with Gasteiger partial charge in [0.15, 0.2) is 11.5 Å². The number of hydrogen-bond donors (Lipinski definition) is 1. The zero-order chi connectivity index (χ0) is 21.0. The number of nitrogens with zero attached hydrogens (tertiary/aromatic N) is 1. The first-order valence-electron chi connectivity index (χ1n) is 8.82. The minimum atomic E-state index is -0.997. The van der Waals surface area contributed by atoms with Crippen molar-refractivity contribution < 1.29 is 24.2 Å². The van der Waals surface area contributed by atoms with Crippen LogP contribution in [0.5, 0.6) is 11.5 Å². The van der Waals surface area contributed by atoms with Gasteiger partial charge in [-0.2, -0.15) is 0 Å². The van der Waals surface area contributed by atoms with Crippen molar-refractivity contribution in [2.75, 3.05) is 13.7 Å². The lowest BCUT2D eigenvalue weighted by Gasteiger charge is -2.14. The van der Waals surface area contributed by atoms with Crippen molar-refractivity contribution in [3.05, 3.63) is 64.1 Å². The Bertz CT molecular complexity index is 1000. The summed E-state index contributed by atoms with van der Waals surface area (Å²) >= 11 is 6.51. The SMILES string of the molecule is CCN1C(=O)/C(=C/c2cccc(OC)c2OCc2cccc(C(=O)O)c2)SC1=S. The summed E-state index contributed by atoms with van der Waals surface area (Å²) in [4.78, 5) is 25.7. The number of rotatable bonds is 7. The van der Waals surface area contributed by atoms with E-state index in [0.717, 1.165) is 0 Å². The molecule has 0 spiro atoms. The van der Waals surface area contributed by atoms with E-state index in [0.29, 0.717) is 38.4 Å². The van der Waals surface area contributed by atoms with Crippen LogP contribution in [0.25, 0.3) is 6.08 Å². The number of para-hydroxylation sites is 1. The molecule has 29 heavy (non-hydrogen) atoms. The molecule has 2 aromatic carbocycles. The number of ether oxygens (including phenoxy) is 2. The number of carbonyl (C=O) groups is 2. The lowest BCUT2D eigenvalue weighted by atomic mass is 10.1. The third-order valence-corrected chi connectivity index (χ3v) is 5.64. The highest BCUT2D eigenvalue weighted by Crippen LogP contribution is 2.37. The summed E-state index contributed by atoms with van der Waals surface area (Å²) in [5.41, 5.74) is 1.57. The fourth-order valence-corrected chi connectivity index (χ4v) is 4.20. The van der Waals surface area contributed by atoms with Crippen molar-refractivity contribution in [2.45, 2.75) is 13.5 Å². The number of carboxylic acids is 1. The Morgan fingerprint density at radius 1 is 1.28 bits per heavy atom. The number of likely N-dealkylation sites (N-methyl/N-ethyl adjacent to an activating group) is 1. The van der Waals surface area contributed by atoms with Gasteiger partial charge in [0, 0.05) is 12.1 Å². The summed E-state index contributed by atoms with van der Waals surface area (Å²) in [5.74, 6) is -0.148. The van der Waals surface area contributed by atoms with Gasteiger partial charge >= 0.3 is 5.97 Å². The van der Waals surface area contributed by atoms with Gasteiger partial charge < -0.3 is 14.6 Å². The molecule has 2 aromatic rings. The van der Waals surface area contributed by atoms with Crippen LogP contribution < -0.4 is 9.47 Å². The van der Waals surface area contributed by atoms with Gasteiger partial charge in [0.25, 0.3) is 5.91 Å². The van der Waals surface area contributed by atoms with Crippen LogP contribution in [0.2, 0.25) is 0 Å². The molecule has 8 heteroatoms. The van der Waals surface area contributed by atoms with E-state index in [-0.39, 0.29) is 18.1 Å². The van der Waals surface area contributed by atoms with Gasteiger partial charge in [-0.05, 0) is 36.8 Å². The van der Waals surface area contributed by atoms with Gasteiger partial charge in [-0.3, -0.25) is 9.69 Å². The van der Waals surface area contributed by atoms with Gasteiger partial charge in [-0.15, -0.1) is 0 Å². The first kappa shape index (κ1) is 20.9. The molecular formula is C21H19NO5S2. The molecule has 1 aliphatic rings. The molecule has 6 nitrogen and oxygen atoms in total. The third kappa shape index (κ3) is 4.60. The second-order valence-corrected chi connectivity index (χ2v) is 7.77. The van der Waals surface area contributed by atoms with Gasteiger partial charge in [-0.1, -0.05) is 48.2 Å². The molecule has 150 valence electrons. The summed E-state index contributed by atoms with van der Waals surface area (Å²) in [6.07, 6.45) is 1.74. The quantitative estimate of drug-likeness (QED) is 0.522. The topological polar surface area (TPSA) is 76.1 Å². The van der Waals surface area contributed by atoms with E-state index >= 15 is 0 Å². The molecule has 0 bridgehead atoms. The van der Waals surface area contributed by atoms with Crippen LogP contribution in [0.3, 0.4) is 0 Å². The Kier molecular flexibility index (Phi) is 6.56. The predicted molar refractivity (Wildman–Crippen MR) is 116 cm³/mol. The second kappa shape index (κ2) is 9.11. The first-order chi connectivity index (χ1) is 13.9. The van der Waals surface area contributed by atoms with Crippen LogP contribution in [-0.2, 0) is 11.4 Å². The first-order valence-corrected chi connectivity index (χ1v) is 10.0. The van der Waals surface area contributed by atoms with Crippen molar-refractivity contribution >= 4 is 46.3 Å². The van der Waals surface area contributed by atoms with Gasteiger partial charge in [0.05, 0.1) is 17.6 Å². The Hall–Kier alpha value is -2.84. The number of amides is 1. The van der Waals surface area contributed by atoms with E-state index in [9.17, 15) is 9.59 Å². The van der Waals surface area contributed by atoms with Gasteiger partial charge in [0.1, 0.15) is 10.9 Å². The molecule has 1 saturated heterocycles. The molecule has 0 atom stereocenters. The van der Waals surface area contributed by atoms with E-state index in [1.807, 2.05) is 19.1 Å². The molecule has 1 heterocycles. The number of benzene rings is 2. The van der Waals surface area contributed by atoms with E-state index < -0.39 is 5.97 Å². The van der Waals surface area contributed by atoms with E-state index in [4.69, 9.17) is 26.8 Å². The molecule has 1 fully saturated rings. The fourth-order valence-electron chi connectivity index (χ4n) is 2.83. The van der Waals surface area contributed by atoms with E-state index in [1.165, 1.54) is 24.9 Å². The average Bonchev–Trinajstić information content (AvgIpc) is 2.99. The maximum Gasteiger partial charge on any atom is 0.335 e. The maximum atomic E-state index is 12.5. The van der Waals surface area contributed by atoms with Crippen LogP contribution >= 0.6 is 24.0 Å².